The van der Waals surface area contributed by atoms with Crippen LogP contribution in [-0.4, -0.2) is 52.5 Å². The van der Waals surface area contributed by atoms with E-state index in [0.717, 1.165) is 51.6 Å². The Labute approximate surface area is 180 Å². The lowest BCUT2D eigenvalue weighted by atomic mass is 10.1. The number of aryl methyl sites for hydroxylation is 1. The van der Waals surface area contributed by atoms with Gasteiger partial charge >= 0.3 is 0 Å². The van der Waals surface area contributed by atoms with Crippen LogP contribution >= 0.6 is 11.3 Å². The lowest BCUT2D eigenvalue weighted by Gasteiger charge is -2.19. The van der Waals surface area contributed by atoms with E-state index in [1.165, 1.54) is 0 Å². The summed E-state index contributed by atoms with van der Waals surface area (Å²) in [7, 11) is 1.69. The summed E-state index contributed by atoms with van der Waals surface area (Å²) in [6, 6.07) is 8.44. The maximum atomic E-state index is 9.51. The van der Waals surface area contributed by atoms with E-state index in [4.69, 9.17) is 19.7 Å². The molecule has 3 N–H and O–H groups in total. The Bertz CT molecular complexity index is 975. The fraction of sp³-hybridized carbons (Fsp3) is 0.500. The number of thiazole rings is 1. The number of benzene rings is 1. The summed E-state index contributed by atoms with van der Waals surface area (Å²) in [5.41, 5.74) is 2.82. The topological polar surface area (TPSA) is 92.2 Å². The molecule has 0 radical (unpaired) electrons. The van der Waals surface area contributed by atoms with Gasteiger partial charge < -0.3 is 20.5 Å². The van der Waals surface area contributed by atoms with Gasteiger partial charge in [0.1, 0.15) is 10.8 Å². The van der Waals surface area contributed by atoms with Crippen molar-refractivity contribution in [2.45, 2.75) is 45.3 Å². The lowest BCUT2D eigenvalue weighted by Crippen LogP contribution is -2.22. The molecule has 1 saturated carbocycles. The standard InChI is InChI=1S/C22H29N5O2S/c1-13(29-3)11-23-22-24-14(2)19(21-26-17-6-4-5-7-18(17)30-21)20(27-22)25-16-9-8-15(10-16)12-28/h4-7,13,15-16,28H,8-12H2,1-3H3,(H2,23,24,25,27)/t13-,15-,16+/m1/s1. The normalized spacial score (nSPS) is 19.9. The van der Waals surface area contributed by atoms with E-state index in [-0.39, 0.29) is 18.8 Å². The summed E-state index contributed by atoms with van der Waals surface area (Å²) in [6.07, 6.45) is 3.07. The number of methoxy groups -OCH3 is 1. The zero-order valence-electron chi connectivity index (χ0n) is 17.7. The first-order valence-electron chi connectivity index (χ1n) is 10.5. The predicted octanol–water partition coefficient (Wildman–Crippen LogP) is 4.08. The number of nitrogens with zero attached hydrogens (tertiary/aromatic N) is 3. The summed E-state index contributed by atoms with van der Waals surface area (Å²) < 4.78 is 6.47. The van der Waals surface area contributed by atoms with Crippen LogP contribution < -0.4 is 10.6 Å². The SMILES string of the molecule is CO[C@H](C)CNc1nc(C)c(-c2nc3ccccc3s2)c(N[C@H]2CC[C@@H](CO)C2)n1. The average Bonchev–Trinajstić information content (AvgIpc) is 3.38. The summed E-state index contributed by atoms with van der Waals surface area (Å²) in [6.45, 7) is 4.88. The molecule has 8 heteroatoms. The highest BCUT2D eigenvalue weighted by Gasteiger charge is 2.26. The molecule has 1 aliphatic rings. The lowest BCUT2D eigenvalue weighted by molar-refractivity contribution is 0.128. The fourth-order valence-electron chi connectivity index (χ4n) is 3.88. The second-order valence-electron chi connectivity index (χ2n) is 7.97. The predicted molar refractivity (Wildman–Crippen MR) is 122 cm³/mol. The molecule has 1 fully saturated rings. The number of ether oxygens (including phenoxy) is 1. The first-order valence-corrected chi connectivity index (χ1v) is 11.3. The van der Waals surface area contributed by atoms with Crippen LogP contribution in [0.5, 0.6) is 0 Å². The number of aliphatic hydroxyl groups excluding tert-OH is 1. The molecule has 0 aliphatic heterocycles. The van der Waals surface area contributed by atoms with Crippen LogP contribution in [0.3, 0.4) is 0 Å². The highest BCUT2D eigenvalue weighted by molar-refractivity contribution is 7.21. The molecule has 0 unspecified atom stereocenters. The number of nitrogens with one attached hydrogen (secondary N) is 2. The van der Waals surface area contributed by atoms with Crippen LogP contribution in [0.4, 0.5) is 11.8 Å². The van der Waals surface area contributed by atoms with Gasteiger partial charge in [-0.05, 0) is 51.2 Å². The molecule has 4 rings (SSSR count). The van der Waals surface area contributed by atoms with Gasteiger partial charge in [-0.2, -0.15) is 4.98 Å². The van der Waals surface area contributed by atoms with Gasteiger partial charge in [0, 0.05) is 26.3 Å². The zero-order valence-corrected chi connectivity index (χ0v) is 18.5. The van der Waals surface area contributed by atoms with Gasteiger partial charge in [0.25, 0.3) is 0 Å². The van der Waals surface area contributed by atoms with Gasteiger partial charge in [-0.25, -0.2) is 9.97 Å². The Morgan fingerprint density at radius 3 is 2.80 bits per heavy atom. The number of aliphatic hydroxyl groups is 1. The number of aromatic nitrogens is 3. The third-order valence-electron chi connectivity index (χ3n) is 5.69. The second kappa shape index (κ2) is 9.24. The van der Waals surface area contributed by atoms with E-state index in [1.54, 1.807) is 18.4 Å². The molecule has 1 aliphatic carbocycles. The molecule has 0 saturated heterocycles. The highest BCUT2D eigenvalue weighted by Crippen LogP contribution is 2.37. The Balaban J connectivity index is 1.69. The number of hydrogen-bond donors (Lipinski definition) is 3. The van der Waals surface area contributed by atoms with Crippen molar-refractivity contribution >= 4 is 33.3 Å². The summed E-state index contributed by atoms with van der Waals surface area (Å²) >= 11 is 1.66. The van der Waals surface area contributed by atoms with E-state index in [0.29, 0.717) is 18.4 Å². The highest BCUT2D eigenvalue weighted by atomic mass is 32.1. The summed E-state index contributed by atoms with van der Waals surface area (Å²) in [5.74, 6) is 1.75. The Kier molecular flexibility index (Phi) is 6.46. The smallest absolute Gasteiger partial charge is 0.224 e. The van der Waals surface area contributed by atoms with Gasteiger partial charge in [0.05, 0.1) is 27.6 Å². The third kappa shape index (κ3) is 4.55. The quantitative estimate of drug-likeness (QED) is 0.499. The van der Waals surface area contributed by atoms with Crippen molar-refractivity contribution in [3.05, 3.63) is 30.0 Å². The molecular weight excluding hydrogens is 398 g/mol. The van der Waals surface area contributed by atoms with Crippen molar-refractivity contribution in [3.8, 4) is 10.6 Å². The fourth-order valence-corrected chi connectivity index (χ4v) is 4.94. The molecular formula is C22H29N5O2S. The molecule has 3 atom stereocenters. The second-order valence-corrected chi connectivity index (χ2v) is 9.00. The van der Waals surface area contributed by atoms with Crippen molar-refractivity contribution in [1.82, 2.24) is 15.0 Å². The first-order chi connectivity index (χ1) is 14.6. The molecule has 1 aromatic carbocycles. The monoisotopic (exact) mass is 427 g/mol. The molecule has 2 heterocycles. The van der Waals surface area contributed by atoms with Crippen LogP contribution in [0.2, 0.25) is 0 Å². The number of rotatable bonds is 8. The molecule has 0 spiro atoms. The van der Waals surface area contributed by atoms with E-state index in [1.807, 2.05) is 32.0 Å². The number of anilines is 2. The summed E-state index contributed by atoms with van der Waals surface area (Å²) in [4.78, 5) is 14.4. The molecule has 3 aromatic rings. The molecule has 160 valence electrons. The average molecular weight is 428 g/mol. The van der Waals surface area contributed by atoms with Gasteiger partial charge in [0.2, 0.25) is 5.95 Å². The van der Waals surface area contributed by atoms with Gasteiger partial charge in [-0.3, -0.25) is 0 Å². The van der Waals surface area contributed by atoms with Gasteiger partial charge in [0.15, 0.2) is 0 Å². The van der Waals surface area contributed by atoms with Crippen molar-refractivity contribution in [1.29, 1.82) is 0 Å². The zero-order chi connectivity index (χ0) is 21.1. The summed E-state index contributed by atoms with van der Waals surface area (Å²) in [5, 5.41) is 17.3. The van der Waals surface area contributed by atoms with E-state index in [9.17, 15) is 5.11 Å². The Morgan fingerprint density at radius 1 is 1.23 bits per heavy atom. The van der Waals surface area contributed by atoms with Crippen molar-refractivity contribution < 1.29 is 9.84 Å². The van der Waals surface area contributed by atoms with Crippen molar-refractivity contribution in [3.63, 3.8) is 0 Å². The number of fused-ring (bicyclic) bond motifs is 1. The van der Waals surface area contributed by atoms with Crippen LogP contribution in [0.25, 0.3) is 20.8 Å². The van der Waals surface area contributed by atoms with Crippen molar-refractivity contribution in [2.24, 2.45) is 5.92 Å². The van der Waals surface area contributed by atoms with Crippen LogP contribution in [0.1, 0.15) is 31.9 Å². The van der Waals surface area contributed by atoms with Gasteiger partial charge in [-0.1, -0.05) is 12.1 Å². The van der Waals surface area contributed by atoms with Crippen molar-refractivity contribution in [2.75, 3.05) is 30.9 Å². The third-order valence-corrected chi connectivity index (χ3v) is 6.74. The van der Waals surface area contributed by atoms with Gasteiger partial charge in [-0.15, -0.1) is 11.3 Å². The minimum atomic E-state index is 0.0643. The number of para-hydroxylation sites is 1. The van der Waals surface area contributed by atoms with Crippen LogP contribution in [-0.2, 0) is 4.74 Å². The maximum absolute atomic E-state index is 9.51. The molecule has 30 heavy (non-hydrogen) atoms. The molecule has 7 nitrogen and oxygen atoms in total. The molecule has 0 amide bonds. The Hall–Kier alpha value is -2.29. The largest absolute Gasteiger partial charge is 0.396 e. The minimum Gasteiger partial charge on any atom is -0.396 e. The molecule has 0 bridgehead atoms. The Morgan fingerprint density at radius 2 is 2.07 bits per heavy atom. The number of hydrogen-bond acceptors (Lipinski definition) is 8. The van der Waals surface area contributed by atoms with E-state index >= 15 is 0 Å². The maximum Gasteiger partial charge on any atom is 0.224 e. The van der Waals surface area contributed by atoms with E-state index < -0.39 is 0 Å². The first kappa shape index (κ1) is 21.0. The van der Waals surface area contributed by atoms with Crippen LogP contribution in [0, 0.1) is 12.8 Å². The van der Waals surface area contributed by atoms with Crippen LogP contribution in [0.15, 0.2) is 24.3 Å². The minimum absolute atomic E-state index is 0.0643. The van der Waals surface area contributed by atoms with E-state index in [2.05, 4.69) is 16.7 Å². The molecule has 2 aromatic heterocycles.